The van der Waals surface area contributed by atoms with Gasteiger partial charge in [0, 0.05) is 11.7 Å². The standard InChI is InChI=1S/C12H17N3O/c1-7(2)15-11-5-4-9(13)6-10(11)14-12(15)8(3)16/h4-8,16H,13H2,1-3H3. The van der Waals surface area contributed by atoms with Crippen LogP contribution in [0.5, 0.6) is 0 Å². The third-order valence-corrected chi connectivity index (χ3v) is 2.63. The first-order valence-corrected chi connectivity index (χ1v) is 5.46. The van der Waals surface area contributed by atoms with E-state index in [0.29, 0.717) is 11.5 Å². The predicted molar refractivity (Wildman–Crippen MR) is 65.2 cm³/mol. The van der Waals surface area contributed by atoms with Gasteiger partial charge in [0.05, 0.1) is 11.0 Å². The predicted octanol–water partition coefficient (Wildman–Crippen LogP) is 2.25. The highest BCUT2D eigenvalue weighted by atomic mass is 16.3. The maximum atomic E-state index is 9.71. The van der Waals surface area contributed by atoms with Gasteiger partial charge in [0.15, 0.2) is 0 Å². The Kier molecular flexibility index (Phi) is 2.59. The molecular formula is C12H17N3O. The average molecular weight is 219 g/mol. The number of fused-ring (bicyclic) bond motifs is 1. The van der Waals surface area contributed by atoms with Crippen LogP contribution in [0.3, 0.4) is 0 Å². The smallest absolute Gasteiger partial charge is 0.138 e. The first-order valence-electron chi connectivity index (χ1n) is 5.46. The van der Waals surface area contributed by atoms with Crippen molar-refractivity contribution < 1.29 is 5.11 Å². The van der Waals surface area contributed by atoms with Gasteiger partial charge in [-0.15, -0.1) is 0 Å². The Hall–Kier alpha value is -1.55. The molecule has 0 saturated heterocycles. The van der Waals surface area contributed by atoms with Gasteiger partial charge in [-0.05, 0) is 39.0 Å². The number of benzene rings is 1. The van der Waals surface area contributed by atoms with Crippen LogP contribution in [0.4, 0.5) is 5.69 Å². The molecule has 2 rings (SSSR count). The average Bonchev–Trinajstić information content (AvgIpc) is 2.55. The molecule has 2 aromatic rings. The van der Waals surface area contributed by atoms with E-state index in [0.717, 1.165) is 11.0 Å². The van der Waals surface area contributed by atoms with Crippen molar-refractivity contribution in [3.05, 3.63) is 24.0 Å². The Morgan fingerprint density at radius 3 is 2.56 bits per heavy atom. The summed E-state index contributed by atoms with van der Waals surface area (Å²) in [5, 5.41) is 9.71. The van der Waals surface area contributed by atoms with Gasteiger partial charge in [0.25, 0.3) is 0 Å². The molecule has 86 valence electrons. The summed E-state index contributed by atoms with van der Waals surface area (Å²) in [4.78, 5) is 4.43. The van der Waals surface area contributed by atoms with Crippen LogP contribution < -0.4 is 5.73 Å². The van der Waals surface area contributed by atoms with Crippen molar-refractivity contribution in [2.45, 2.75) is 32.9 Å². The summed E-state index contributed by atoms with van der Waals surface area (Å²) in [5.74, 6) is 0.690. The normalized spacial score (nSPS) is 13.6. The molecule has 0 aliphatic carbocycles. The minimum absolute atomic E-state index is 0.262. The van der Waals surface area contributed by atoms with Crippen molar-refractivity contribution in [3.63, 3.8) is 0 Å². The molecule has 0 aliphatic heterocycles. The van der Waals surface area contributed by atoms with E-state index in [9.17, 15) is 5.11 Å². The molecule has 1 unspecified atom stereocenters. The monoisotopic (exact) mass is 219 g/mol. The molecule has 16 heavy (non-hydrogen) atoms. The molecule has 4 heteroatoms. The maximum absolute atomic E-state index is 9.71. The van der Waals surface area contributed by atoms with Crippen LogP contribution in [0.2, 0.25) is 0 Å². The summed E-state index contributed by atoms with van der Waals surface area (Å²) >= 11 is 0. The molecule has 1 aromatic carbocycles. The number of nitrogen functional groups attached to an aromatic ring is 1. The van der Waals surface area contributed by atoms with Gasteiger partial charge in [-0.3, -0.25) is 0 Å². The van der Waals surface area contributed by atoms with Crippen molar-refractivity contribution in [1.29, 1.82) is 0 Å². The summed E-state index contributed by atoms with van der Waals surface area (Å²) in [6.07, 6.45) is -0.573. The topological polar surface area (TPSA) is 64.1 Å². The Morgan fingerprint density at radius 1 is 1.31 bits per heavy atom. The van der Waals surface area contributed by atoms with Crippen molar-refractivity contribution in [2.75, 3.05) is 5.73 Å². The Balaban J connectivity index is 2.75. The Labute approximate surface area is 94.7 Å². The molecule has 0 amide bonds. The van der Waals surface area contributed by atoms with Crippen LogP contribution in [0.25, 0.3) is 11.0 Å². The number of aliphatic hydroxyl groups is 1. The molecule has 0 aliphatic rings. The van der Waals surface area contributed by atoms with Gasteiger partial charge in [0.2, 0.25) is 0 Å². The third kappa shape index (κ3) is 1.65. The summed E-state index contributed by atoms with van der Waals surface area (Å²) in [6.45, 7) is 5.87. The molecule has 0 spiro atoms. The minimum atomic E-state index is -0.573. The fraction of sp³-hybridized carbons (Fsp3) is 0.417. The van der Waals surface area contributed by atoms with Gasteiger partial charge in [0.1, 0.15) is 11.9 Å². The van der Waals surface area contributed by atoms with Gasteiger partial charge < -0.3 is 15.4 Å². The van der Waals surface area contributed by atoms with Crippen molar-refractivity contribution >= 4 is 16.7 Å². The summed E-state index contributed by atoms with van der Waals surface area (Å²) in [5.41, 5.74) is 8.27. The number of aliphatic hydroxyl groups excluding tert-OH is 1. The quantitative estimate of drug-likeness (QED) is 0.761. The van der Waals surface area contributed by atoms with Gasteiger partial charge in [-0.25, -0.2) is 4.98 Å². The van der Waals surface area contributed by atoms with Crippen LogP contribution >= 0.6 is 0 Å². The van der Waals surface area contributed by atoms with E-state index in [4.69, 9.17) is 5.73 Å². The zero-order valence-corrected chi connectivity index (χ0v) is 9.81. The number of nitrogens with zero attached hydrogens (tertiary/aromatic N) is 2. The molecular weight excluding hydrogens is 202 g/mol. The van der Waals surface area contributed by atoms with Crippen LogP contribution in [-0.2, 0) is 0 Å². The van der Waals surface area contributed by atoms with E-state index in [-0.39, 0.29) is 6.04 Å². The number of nitrogens with two attached hydrogens (primary N) is 1. The fourth-order valence-electron chi connectivity index (χ4n) is 1.97. The fourth-order valence-corrected chi connectivity index (χ4v) is 1.97. The number of imidazole rings is 1. The molecule has 0 fully saturated rings. The molecule has 1 aromatic heterocycles. The number of rotatable bonds is 2. The summed E-state index contributed by atoms with van der Waals surface area (Å²) in [7, 11) is 0. The SMILES string of the molecule is CC(O)c1nc2cc(N)ccc2n1C(C)C. The van der Waals surface area contributed by atoms with Crippen molar-refractivity contribution in [1.82, 2.24) is 9.55 Å². The lowest BCUT2D eigenvalue weighted by Crippen LogP contribution is -2.08. The molecule has 1 atom stereocenters. The Morgan fingerprint density at radius 2 is 2.00 bits per heavy atom. The second-order valence-electron chi connectivity index (χ2n) is 4.36. The number of aromatic nitrogens is 2. The second-order valence-corrected chi connectivity index (χ2v) is 4.36. The van der Waals surface area contributed by atoms with Crippen LogP contribution in [-0.4, -0.2) is 14.7 Å². The van der Waals surface area contributed by atoms with Crippen LogP contribution in [0, 0.1) is 0 Å². The van der Waals surface area contributed by atoms with Crippen molar-refractivity contribution in [3.8, 4) is 0 Å². The Bertz CT molecular complexity index is 514. The third-order valence-electron chi connectivity index (χ3n) is 2.63. The number of anilines is 1. The van der Waals surface area contributed by atoms with E-state index < -0.39 is 6.10 Å². The zero-order chi connectivity index (χ0) is 11.9. The zero-order valence-electron chi connectivity index (χ0n) is 9.81. The molecule has 4 nitrogen and oxygen atoms in total. The summed E-state index contributed by atoms with van der Waals surface area (Å²) in [6, 6.07) is 5.90. The largest absolute Gasteiger partial charge is 0.399 e. The molecule has 0 bridgehead atoms. The second kappa shape index (κ2) is 3.79. The molecule has 3 N–H and O–H groups in total. The number of hydrogen-bond acceptors (Lipinski definition) is 3. The lowest BCUT2D eigenvalue weighted by molar-refractivity contribution is 0.182. The van der Waals surface area contributed by atoms with E-state index in [1.807, 2.05) is 22.8 Å². The highest BCUT2D eigenvalue weighted by Gasteiger charge is 2.16. The lowest BCUT2D eigenvalue weighted by Gasteiger charge is -2.14. The van der Waals surface area contributed by atoms with Gasteiger partial charge in [-0.2, -0.15) is 0 Å². The molecule has 1 heterocycles. The highest BCUT2D eigenvalue weighted by molar-refractivity contribution is 5.79. The molecule has 0 radical (unpaired) electrons. The first kappa shape index (κ1) is 11.0. The van der Waals surface area contributed by atoms with E-state index >= 15 is 0 Å². The summed E-state index contributed by atoms with van der Waals surface area (Å²) < 4.78 is 2.04. The highest BCUT2D eigenvalue weighted by Crippen LogP contribution is 2.26. The van der Waals surface area contributed by atoms with Gasteiger partial charge >= 0.3 is 0 Å². The lowest BCUT2D eigenvalue weighted by atomic mass is 10.2. The molecule has 0 saturated carbocycles. The maximum Gasteiger partial charge on any atom is 0.138 e. The van der Waals surface area contributed by atoms with Gasteiger partial charge in [-0.1, -0.05) is 0 Å². The number of hydrogen-bond donors (Lipinski definition) is 2. The van der Waals surface area contributed by atoms with E-state index in [2.05, 4.69) is 18.8 Å². The first-order chi connectivity index (χ1) is 7.50. The van der Waals surface area contributed by atoms with Crippen LogP contribution in [0.1, 0.15) is 38.7 Å². The van der Waals surface area contributed by atoms with E-state index in [1.165, 1.54) is 0 Å². The van der Waals surface area contributed by atoms with Crippen LogP contribution in [0.15, 0.2) is 18.2 Å². The van der Waals surface area contributed by atoms with Crippen molar-refractivity contribution in [2.24, 2.45) is 0 Å². The minimum Gasteiger partial charge on any atom is -0.399 e. The van der Waals surface area contributed by atoms with E-state index in [1.54, 1.807) is 6.92 Å².